The highest BCUT2D eigenvalue weighted by molar-refractivity contribution is 4.82. The summed E-state index contributed by atoms with van der Waals surface area (Å²) >= 11 is 0. The van der Waals surface area contributed by atoms with E-state index in [0.717, 1.165) is 26.2 Å². The second-order valence-electron chi connectivity index (χ2n) is 6.12. The van der Waals surface area contributed by atoms with Crippen LogP contribution in [-0.4, -0.2) is 62.7 Å². The zero-order valence-electron chi connectivity index (χ0n) is 13.7. The molecular formula is C15H35N3. The van der Waals surface area contributed by atoms with Crippen LogP contribution in [0.3, 0.4) is 0 Å². The van der Waals surface area contributed by atoms with Gasteiger partial charge in [-0.05, 0) is 45.9 Å². The van der Waals surface area contributed by atoms with Gasteiger partial charge in [0.1, 0.15) is 0 Å². The summed E-state index contributed by atoms with van der Waals surface area (Å²) in [5, 5.41) is 3.51. The molecule has 1 N–H and O–H groups in total. The Kier molecular flexibility index (Phi) is 8.83. The molecular weight excluding hydrogens is 222 g/mol. The molecule has 110 valence electrons. The van der Waals surface area contributed by atoms with E-state index in [4.69, 9.17) is 0 Å². The number of hydrogen-bond donors (Lipinski definition) is 1. The maximum Gasteiger partial charge on any atom is 0.0194 e. The van der Waals surface area contributed by atoms with Crippen LogP contribution in [0.2, 0.25) is 0 Å². The Morgan fingerprint density at radius 3 is 2.17 bits per heavy atom. The molecule has 2 unspecified atom stereocenters. The van der Waals surface area contributed by atoms with Gasteiger partial charge in [-0.1, -0.05) is 27.7 Å². The first-order valence-electron chi connectivity index (χ1n) is 7.48. The normalized spacial score (nSPS) is 17.2. The van der Waals surface area contributed by atoms with Crippen molar-refractivity contribution >= 4 is 0 Å². The summed E-state index contributed by atoms with van der Waals surface area (Å²) in [5.41, 5.74) is 0.382. The zero-order valence-corrected chi connectivity index (χ0v) is 13.7. The first-order valence-corrected chi connectivity index (χ1v) is 7.48. The van der Waals surface area contributed by atoms with Crippen LogP contribution in [0.25, 0.3) is 0 Å². The quantitative estimate of drug-likeness (QED) is 0.648. The highest BCUT2D eigenvalue weighted by Gasteiger charge is 2.26. The van der Waals surface area contributed by atoms with Gasteiger partial charge in [0.15, 0.2) is 0 Å². The van der Waals surface area contributed by atoms with Crippen LogP contribution in [0.15, 0.2) is 0 Å². The fourth-order valence-electron chi connectivity index (χ4n) is 2.43. The third-order valence-corrected chi connectivity index (χ3v) is 3.90. The highest BCUT2D eigenvalue weighted by Crippen LogP contribution is 2.22. The number of nitrogens with one attached hydrogen (secondary N) is 1. The van der Waals surface area contributed by atoms with Crippen molar-refractivity contribution in [3.8, 4) is 0 Å². The number of rotatable bonds is 10. The molecule has 0 amide bonds. The second-order valence-corrected chi connectivity index (χ2v) is 6.12. The molecule has 0 heterocycles. The molecule has 2 atom stereocenters. The van der Waals surface area contributed by atoms with E-state index in [9.17, 15) is 0 Å². The van der Waals surface area contributed by atoms with Crippen molar-refractivity contribution in [3.63, 3.8) is 0 Å². The number of likely N-dealkylation sites (N-methyl/N-ethyl adjacent to an activating group) is 2. The van der Waals surface area contributed by atoms with Gasteiger partial charge < -0.3 is 10.2 Å². The zero-order chi connectivity index (χ0) is 14.2. The van der Waals surface area contributed by atoms with Crippen molar-refractivity contribution < 1.29 is 0 Å². The minimum absolute atomic E-state index is 0.382. The Labute approximate surface area is 115 Å². The highest BCUT2D eigenvalue weighted by atomic mass is 15.2. The fourth-order valence-corrected chi connectivity index (χ4v) is 2.43. The molecule has 3 heteroatoms. The van der Waals surface area contributed by atoms with Gasteiger partial charge in [-0.15, -0.1) is 0 Å². The molecule has 0 fully saturated rings. The van der Waals surface area contributed by atoms with E-state index in [2.05, 4.69) is 63.8 Å². The SMILES string of the molecule is CCNCC(C)(CC)CN(CC)C(C)CN(C)C. The van der Waals surface area contributed by atoms with Crippen molar-refractivity contribution in [1.82, 2.24) is 15.1 Å². The summed E-state index contributed by atoms with van der Waals surface area (Å²) in [4.78, 5) is 4.89. The van der Waals surface area contributed by atoms with Gasteiger partial charge in [0.25, 0.3) is 0 Å². The Hall–Kier alpha value is -0.120. The molecule has 0 aromatic carbocycles. The van der Waals surface area contributed by atoms with Crippen molar-refractivity contribution in [2.45, 2.75) is 47.1 Å². The summed E-state index contributed by atoms with van der Waals surface area (Å²) in [5.74, 6) is 0. The Balaban J connectivity index is 4.46. The van der Waals surface area contributed by atoms with Crippen LogP contribution >= 0.6 is 0 Å². The average molecular weight is 257 g/mol. The summed E-state index contributed by atoms with van der Waals surface area (Å²) in [6.07, 6.45) is 1.23. The van der Waals surface area contributed by atoms with Crippen molar-refractivity contribution in [2.75, 3.05) is 46.8 Å². The number of hydrogen-bond acceptors (Lipinski definition) is 3. The van der Waals surface area contributed by atoms with Crippen LogP contribution in [-0.2, 0) is 0 Å². The summed E-state index contributed by atoms with van der Waals surface area (Å²) in [6, 6.07) is 0.623. The third kappa shape index (κ3) is 6.72. The number of nitrogens with zero attached hydrogens (tertiary/aromatic N) is 2. The molecule has 0 radical (unpaired) electrons. The van der Waals surface area contributed by atoms with Crippen molar-refractivity contribution in [3.05, 3.63) is 0 Å². The first kappa shape index (κ1) is 17.9. The summed E-state index contributed by atoms with van der Waals surface area (Å²) in [6.45, 7) is 17.1. The minimum Gasteiger partial charge on any atom is -0.316 e. The second kappa shape index (κ2) is 8.89. The Morgan fingerprint density at radius 1 is 1.17 bits per heavy atom. The molecule has 0 saturated heterocycles. The van der Waals surface area contributed by atoms with E-state index in [1.54, 1.807) is 0 Å². The molecule has 0 bridgehead atoms. The molecule has 0 aliphatic rings. The first-order chi connectivity index (χ1) is 8.38. The van der Waals surface area contributed by atoms with Crippen LogP contribution in [0.5, 0.6) is 0 Å². The predicted octanol–water partition coefficient (Wildman–Crippen LogP) is 2.28. The van der Waals surface area contributed by atoms with Crippen LogP contribution in [0.4, 0.5) is 0 Å². The molecule has 0 aliphatic heterocycles. The molecule has 0 aromatic heterocycles. The van der Waals surface area contributed by atoms with Gasteiger partial charge in [0, 0.05) is 25.7 Å². The third-order valence-electron chi connectivity index (χ3n) is 3.90. The lowest BCUT2D eigenvalue weighted by molar-refractivity contribution is 0.111. The Morgan fingerprint density at radius 2 is 1.78 bits per heavy atom. The van der Waals surface area contributed by atoms with Gasteiger partial charge in [-0.3, -0.25) is 4.90 Å². The molecule has 0 aliphatic carbocycles. The van der Waals surface area contributed by atoms with Gasteiger partial charge >= 0.3 is 0 Å². The maximum absolute atomic E-state index is 3.51. The lowest BCUT2D eigenvalue weighted by Crippen LogP contribution is -2.48. The molecule has 0 rings (SSSR count). The van der Waals surface area contributed by atoms with Gasteiger partial charge in [0.05, 0.1) is 0 Å². The van der Waals surface area contributed by atoms with Crippen molar-refractivity contribution in [1.29, 1.82) is 0 Å². The molecule has 0 saturated carbocycles. The topological polar surface area (TPSA) is 18.5 Å². The lowest BCUT2D eigenvalue weighted by Gasteiger charge is -2.38. The van der Waals surface area contributed by atoms with E-state index in [1.807, 2.05) is 0 Å². The summed E-state index contributed by atoms with van der Waals surface area (Å²) < 4.78 is 0. The van der Waals surface area contributed by atoms with Crippen LogP contribution in [0, 0.1) is 5.41 Å². The lowest BCUT2D eigenvalue weighted by atomic mass is 9.86. The van der Waals surface area contributed by atoms with Gasteiger partial charge in [-0.25, -0.2) is 0 Å². The Bertz CT molecular complexity index is 206. The molecule has 18 heavy (non-hydrogen) atoms. The minimum atomic E-state index is 0.382. The molecule has 0 aromatic rings. The van der Waals surface area contributed by atoms with Crippen LogP contribution in [0.1, 0.15) is 41.0 Å². The predicted molar refractivity (Wildman–Crippen MR) is 82.2 cm³/mol. The maximum atomic E-state index is 3.51. The largest absolute Gasteiger partial charge is 0.316 e. The fraction of sp³-hybridized carbons (Fsp3) is 1.00. The average Bonchev–Trinajstić information content (AvgIpc) is 2.32. The van der Waals surface area contributed by atoms with Gasteiger partial charge in [0.2, 0.25) is 0 Å². The van der Waals surface area contributed by atoms with E-state index in [-0.39, 0.29) is 0 Å². The van der Waals surface area contributed by atoms with E-state index < -0.39 is 0 Å². The summed E-state index contributed by atoms with van der Waals surface area (Å²) in [7, 11) is 4.31. The monoisotopic (exact) mass is 257 g/mol. The van der Waals surface area contributed by atoms with E-state index in [1.165, 1.54) is 13.0 Å². The van der Waals surface area contributed by atoms with Gasteiger partial charge in [-0.2, -0.15) is 0 Å². The standard InChI is InChI=1S/C15H35N3/c1-8-15(5,12-16-9-2)13-18(10-3)14(4)11-17(6)7/h14,16H,8-13H2,1-7H3. The van der Waals surface area contributed by atoms with Crippen LogP contribution < -0.4 is 5.32 Å². The van der Waals surface area contributed by atoms with Crippen molar-refractivity contribution in [2.24, 2.45) is 5.41 Å². The molecule has 3 nitrogen and oxygen atoms in total. The molecule has 0 spiro atoms. The smallest absolute Gasteiger partial charge is 0.0194 e. The van der Waals surface area contributed by atoms with E-state index in [0.29, 0.717) is 11.5 Å². The van der Waals surface area contributed by atoms with E-state index >= 15 is 0 Å².